The first kappa shape index (κ1) is 18.7. The molecule has 0 aliphatic carbocycles. The van der Waals surface area contributed by atoms with Crippen LogP contribution in [-0.4, -0.2) is 27.9 Å². The molecule has 2 aromatic heterocycles. The van der Waals surface area contributed by atoms with Crippen LogP contribution in [0.3, 0.4) is 0 Å². The fourth-order valence-corrected chi connectivity index (χ4v) is 4.32. The molecule has 3 aromatic rings. The van der Waals surface area contributed by atoms with Gasteiger partial charge >= 0.3 is 0 Å². The SMILES string of the molecule is Fc1ccc(Cl)c([C@H]2Nc3ncc(-c4cnn(C5CCNCC5)c4)cc3O2)c1Cl. The summed E-state index contributed by atoms with van der Waals surface area (Å²) in [5.41, 5.74) is 2.21. The minimum atomic E-state index is -0.707. The van der Waals surface area contributed by atoms with Gasteiger partial charge in [0.1, 0.15) is 5.82 Å². The number of fused-ring (bicyclic) bond motifs is 1. The minimum absolute atomic E-state index is 0.0636. The first-order valence-corrected chi connectivity index (χ1v) is 10.2. The normalized spacial score (nSPS) is 18.9. The number of piperidine rings is 1. The van der Waals surface area contributed by atoms with Crippen molar-refractivity contribution in [2.24, 2.45) is 0 Å². The molecule has 5 rings (SSSR count). The molecule has 1 saturated heterocycles. The molecule has 2 N–H and O–H groups in total. The number of benzene rings is 1. The van der Waals surface area contributed by atoms with Crippen LogP contribution >= 0.6 is 23.2 Å². The molecule has 1 fully saturated rings. The third-order valence-electron chi connectivity index (χ3n) is 5.32. The first-order valence-electron chi connectivity index (χ1n) is 9.42. The summed E-state index contributed by atoms with van der Waals surface area (Å²) in [7, 11) is 0. The molecule has 150 valence electrons. The lowest BCUT2D eigenvalue weighted by molar-refractivity contribution is 0.259. The number of hydrogen-bond acceptors (Lipinski definition) is 5. The van der Waals surface area contributed by atoms with Crippen LogP contribution < -0.4 is 15.4 Å². The van der Waals surface area contributed by atoms with Gasteiger partial charge in [-0.15, -0.1) is 0 Å². The van der Waals surface area contributed by atoms with Crippen molar-refractivity contribution in [3.63, 3.8) is 0 Å². The Labute approximate surface area is 177 Å². The van der Waals surface area contributed by atoms with E-state index >= 15 is 0 Å². The summed E-state index contributed by atoms with van der Waals surface area (Å²) in [5.74, 6) is 0.561. The van der Waals surface area contributed by atoms with Crippen LogP contribution in [0.1, 0.15) is 30.7 Å². The van der Waals surface area contributed by atoms with Gasteiger partial charge in [-0.3, -0.25) is 4.68 Å². The van der Waals surface area contributed by atoms with Gasteiger partial charge in [-0.05, 0) is 44.1 Å². The second kappa shape index (κ2) is 7.48. The number of pyridine rings is 1. The number of ether oxygens (including phenoxy) is 1. The number of nitrogens with zero attached hydrogens (tertiary/aromatic N) is 3. The Morgan fingerprint density at radius 2 is 1.97 bits per heavy atom. The van der Waals surface area contributed by atoms with E-state index in [4.69, 9.17) is 27.9 Å². The summed E-state index contributed by atoms with van der Waals surface area (Å²) in [6, 6.07) is 4.99. The molecule has 0 unspecified atom stereocenters. The maximum atomic E-state index is 13.9. The molecule has 4 heterocycles. The van der Waals surface area contributed by atoms with Gasteiger partial charge in [0.2, 0.25) is 6.23 Å². The van der Waals surface area contributed by atoms with Crippen LogP contribution in [0.4, 0.5) is 10.2 Å². The van der Waals surface area contributed by atoms with E-state index in [-0.39, 0.29) is 5.02 Å². The number of nitrogens with one attached hydrogen (secondary N) is 2. The summed E-state index contributed by atoms with van der Waals surface area (Å²) in [6.07, 6.45) is 7.06. The van der Waals surface area contributed by atoms with Gasteiger partial charge in [0, 0.05) is 23.5 Å². The lowest BCUT2D eigenvalue weighted by atomic mass is 10.1. The van der Waals surface area contributed by atoms with E-state index in [1.54, 1.807) is 6.20 Å². The van der Waals surface area contributed by atoms with Gasteiger partial charge in [0.15, 0.2) is 11.6 Å². The highest BCUT2D eigenvalue weighted by molar-refractivity contribution is 6.36. The molecule has 6 nitrogen and oxygen atoms in total. The van der Waals surface area contributed by atoms with Gasteiger partial charge in [-0.25, -0.2) is 9.37 Å². The third kappa shape index (κ3) is 3.43. The molecule has 2 aliphatic heterocycles. The van der Waals surface area contributed by atoms with Crippen LogP contribution in [0.15, 0.2) is 36.8 Å². The van der Waals surface area contributed by atoms with Crippen molar-refractivity contribution < 1.29 is 9.13 Å². The number of halogens is 3. The van der Waals surface area contributed by atoms with Crippen molar-refractivity contribution in [2.45, 2.75) is 25.1 Å². The van der Waals surface area contributed by atoms with E-state index in [1.165, 1.54) is 12.1 Å². The monoisotopic (exact) mass is 433 g/mol. The van der Waals surface area contributed by atoms with Crippen molar-refractivity contribution in [2.75, 3.05) is 18.4 Å². The minimum Gasteiger partial charge on any atom is -0.462 e. The third-order valence-corrected chi connectivity index (χ3v) is 6.04. The van der Waals surface area contributed by atoms with Crippen LogP contribution in [0, 0.1) is 5.82 Å². The lowest BCUT2D eigenvalue weighted by Crippen LogP contribution is -2.29. The van der Waals surface area contributed by atoms with Crippen molar-refractivity contribution in [1.82, 2.24) is 20.1 Å². The van der Waals surface area contributed by atoms with Gasteiger partial charge in [-0.1, -0.05) is 23.2 Å². The fourth-order valence-electron chi connectivity index (χ4n) is 3.75. The average Bonchev–Trinajstić information content (AvgIpc) is 3.38. The molecular weight excluding hydrogens is 416 g/mol. The first-order chi connectivity index (χ1) is 14.1. The molecule has 29 heavy (non-hydrogen) atoms. The number of rotatable bonds is 3. The maximum Gasteiger partial charge on any atom is 0.200 e. The molecule has 0 radical (unpaired) electrons. The summed E-state index contributed by atoms with van der Waals surface area (Å²) in [5, 5.41) is 11.3. The topological polar surface area (TPSA) is 64.0 Å². The zero-order valence-corrected chi connectivity index (χ0v) is 16.8. The number of hydrogen-bond donors (Lipinski definition) is 2. The van der Waals surface area contributed by atoms with E-state index in [1.807, 2.05) is 23.1 Å². The lowest BCUT2D eigenvalue weighted by Gasteiger charge is -2.22. The molecule has 1 aromatic carbocycles. The Hall–Kier alpha value is -2.35. The van der Waals surface area contributed by atoms with E-state index in [9.17, 15) is 4.39 Å². The average molecular weight is 434 g/mol. The zero-order valence-electron chi connectivity index (χ0n) is 15.3. The molecule has 9 heteroatoms. The van der Waals surface area contributed by atoms with Crippen molar-refractivity contribution in [1.29, 1.82) is 0 Å². The molecule has 0 bridgehead atoms. The summed E-state index contributed by atoms with van der Waals surface area (Å²) < 4.78 is 21.9. The zero-order chi connectivity index (χ0) is 20.0. The molecule has 2 aliphatic rings. The Bertz CT molecular complexity index is 1070. The summed E-state index contributed by atoms with van der Waals surface area (Å²) in [6.45, 7) is 2.01. The van der Waals surface area contributed by atoms with E-state index in [0.29, 0.717) is 28.2 Å². The van der Waals surface area contributed by atoms with Crippen molar-refractivity contribution in [3.8, 4) is 16.9 Å². The smallest absolute Gasteiger partial charge is 0.200 e. The van der Waals surface area contributed by atoms with Crippen molar-refractivity contribution in [3.05, 3.63) is 58.2 Å². The van der Waals surface area contributed by atoms with Crippen LogP contribution in [-0.2, 0) is 0 Å². The Kier molecular flexibility index (Phi) is 4.81. The Morgan fingerprint density at radius 1 is 1.14 bits per heavy atom. The Balaban J connectivity index is 1.40. The van der Waals surface area contributed by atoms with Crippen LogP contribution in [0.25, 0.3) is 11.1 Å². The molecule has 0 amide bonds. The van der Waals surface area contributed by atoms with Crippen LogP contribution in [0.2, 0.25) is 10.0 Å². The maximum absolute atomic E-state index is 13.9. The highest BCUT2D eigenvalue weighted by Gasteiger charge is 2.30. The predicted octanol–water partition coefficient (Wildman–Crippen LogP) is 4.82. The quantitative estimate of drug-likeness (QED) is 0.579. The van der Waals surface area contributed by atoms with Gasteiger partial charge in [-0.2, -0.15) is 5.10 Å². The summed E-state index contributed by atoms with van der Waals surface area (Å²) in [4.78, 5) is 4.45. The molecular formula is C20H18Cl2FN5O. The van der Waals surface area contributed by atoms with Gasteiger partial charge in [0.25, 0.3) is 0 Å². The standard InChI is InChI=1S/C20H18Cl2FN5O/c21-14-1-2-15(23)18(22)17(14)20-27-19-16(29-20)7-11(8-25-19)12-9-26-28(10-12)13-3-5-24-6-4-13/h1-2,7-10,13,20,24H,3-6H2,(H,25,27)/t20-/m0/s1. The number of anilines is 1. The van der Waals surface area contributed by atoms with E-state index < -0.39 is 12.0 Å². The van der Waals surface area contributed by atoms with E-state index in [0.717, 1.165) is 37.1 Å². The van der Waals surface area contributed by atoms with Crippen molar-refractivity contribution >= 4 is 29.0 Å². The second-order valence-corrected chi connectivity index (χ2v) is 7.95. The largest absolute Gasteiger partial charge is 0.462 e. The highest BCUT2D eigenvalue weighted by Crippen LogP contribution is 2.43. The van der Waals surface area contributed by atoms with Gasteiger partial charge < -0.3 is 15.4 Å². The second-order valence-electron chi connectivity index (χ2n) is 7.16. The fraction of sp³-hybridized carbons (Fsp3) is 0.300. The molecule has 0 spiro atoms. The molecule has 1 atom stereocenters. The van der Waals surface area contributed by atoms with E-state index in [2.05, 4.69) is 20.7 Å². The highest BCUT2D eigenvalue weighted by atomic mass is 35.5. The van der Waals surface area contributed by atoms with Crippen LogP contribution in [0.5, 0.6) is 5.75 Å². The van der Waals surface area contributed by atoms with Gasteiger partial charge in [0.05, 0.1) is 27.8 Å². The predicted molar refractivity (Wildman–Crippen MR) is 110 cm³/mol. The number of aromatic nitrogens is 3. The summed E-state index contributed by atoms with van der Waals surface area (Å²) >= 11 is 12.3. The Morgan fingerprint density at radius 3 is 2.79 bits per heavy atom. The molecule has 0 saturated carbocycles.